The number of nitrogens with two attached hydrogens (primary N) is 1. The fraction of sp³-hybridized carbons (Fsp3) is 0.600. The molecule has 1 aromatic rings. The van der Waals surface area contributed by atoms with Crippen molar-refractivity contribution >= 4 is 5.84 Å². The van der Waals surface area contributed by atoms with E-state index in [1.165, 1.54) is 0 Å². The first-order valence-corrected chi connectivity index (χ1v) is 6.95. The van der Waals surface area contributed by atoms with E-state index in [1.54, 1.807) is 6.20 Å². The molecule has 110 valence electrons. The number of hydrogen-bond donors (Lipinski definition) is 3. The maximum atomic E-state index is 8.78. The molecule has 2 rings (SSSR count). The third-order valence-electron chi connectivity index (χ3n) is 5.23. The number of nitrogens with one attached hydrogen (secondary N) is 1. The number of nitrogens with zero attached hydrogens (tertiary/aromatic N) is 2. The highest BCUT2D eigenvalue weighted by molar-refractivity contribution is 5.96. The molecule has 1 aliphatic carbocycles. The molecule has 5 heteroatoms. The van der Waals surface area contributed by atoms with Gasteiger partial charge in [-0.2, -0.15) is 0 Å². The highest BCUT2D eigenvalue weighted by Crippen LogP contribution is 2.67. The first-order chi connectivity index (χ1) is 9.32. The van der Waals surface area contributed by atoms with Gasteiger partial charge in [0.05, 0.1) is 0 Å². The summed E-state index contributed by atoms with van der Waals surface area (Å²) < 4.78 is 0. The lowest BCUT2D eigenvalue weighted by atomic mass is 10.0. The monoisotopic (exact) mass is 276 g/mol. The van der Waals surface area contributed by atoms with Crippen molar-refractivity contribution in [3.8, 4) is 0 Å². The van der Waals surface area contributed by atoms with Gasteiger partial charge in [-0.05, 0) is 34.9 Å². The smallest absolute Gasteiger partial charge is 0.189 e. The minimum atomic E-state index is 0.0504. The minimum Gasteiger partial charge on any atom is -0.409 e. The van der Waals surface area contributed by atoms with Crippen LogP contribution >= 0.6 is 0 Å². The van der Waals surface area contributed by atoms with E-state index >= 15 is 0 Å². The Bertz CT molecular complexity index is 508. The number of oxime groups is 1. The van der Waals surface area contributed by atoms with E-state index in [0.29, 0.717) is 29.0 Å². The molecule has 1 heterocycles. The summed E-state index contributed by atoms with van der Waals surface area (Å²) in [5, 5.41) is 15.3. The molecular formula is C15H24N4O. The van der Waals surface area contributed by atoms with Gasteiger partial charge in [-0.25, -0.2) is 0 Å². The van der Waals surface area contributed by atoms with Gasteiger partial charge in [-0.3, -0.25) is 4.98 Å². The van der Waals surface area contributed by atoms with Crippen LogP contribution in [0.2, 0.25) is 0 Å². The number of pyridine rings is 1. The molecule has 0 aromatic carbocycles. The van der Waals surface area contributed by atoms with Gasteiger partial charge in [0.1, 0.15) is 5.69 Å². The number of aromatic nitrogens is 1. The van der Waals surface area contributed by atoms with Crippen LogP contribution in [0.5, 0.6) is 0 Å². The van der Waals surface area contributed by atoms with E-state index < -0.39 is 0 Å². The largest absolute Gasteiger partial charge is 0.409 e. The Balaban J connectivity index is 1.96. The lowest BCUT2D eigenvalue weighted by molar-refractivity contribution is 0.318. The number of hydrogen-bond acceptors (Lipinski definition) is 4. The van der Waals surface area contributed by atoms with Crippen molar-refractivity contribution in [3.63, 3.8) is 0 Å². The van der Waals surface area contributed by atoms with Gasteiger partial charge < -0.3 is 16.3 Å². The van der Waals surface area contributed by atoms with Crippen LogP contribution in [-0.2, 0) is 6.54 Å². The number of amidine groups is 1. The summed E-state index contributed by atoms with van der Waals surface area (Å²) in [4.78, 5) is 4.16. The quantitative estimate of drug-likeness (QED) is 0.332. The molecule has 4 N–H and O–H groups in total. The maximum absolute atomic E-state index is 8.78. The van der Waals surface area contributed by atoms with Gasteiger partial charge >= 0.3 is 0 Å². The Morgan fingerprint density at radius 1 is 1.40 bits per heavy atom. The van der Waals surface area contributed by atoms with Crippen molar-refractivity contribution in [2.45, 2.75) is 34.2 Å². The molecule has 0 spiro atoms. The Morgan fingerprint density at radius 2 is 2.05 bits per heavy atom. The highest BCUT2D eigenvalue weighted by Gasteiger charge is 2.63. The molecule has 5 nitrogen and oxygen atoms in total. The molecular weight excluding hydrogens is 252 g/mol. The van der Waals surface area contributed by atoms with Crippen molar-refractivity contribution in [1.82, 2.24) is 10.3 Å². The molecule has 1 aromatic heterocycles. The normalized spacial score (nSPS) is 20.9. The molecule has 0 saturated heterocycles. The molecule has 20 heavy (non-hydrogen) atoms. The fourth-order valence-electron chi connectivity index (χ4n) is 3.05. The summed E-state index contributed by atoms with van der Waals surface area (Å²) in [5.74, 6) is 0.716. The Kier molecular flexibility index (Phi) is 3.73. The molecule has 0 unspecified atom stereocenters. The third kappa shape index (κ3) is 2.38. The average molecular weight is 276 g/mol. The standard InChI is InChI=1S/C15H24N4O/c1-14(2)11(15(14,3)4)9-17-8-10-6-5-7-18-12(10)13(16)19-20/h5-7,11,17,20H,8-9H2,1-4H3,(H2,16,19). The van der Waals surface area contributed by atoms with E-state index in [9.17, 15) is 0 Å². The lowest BCUT2D eigenvalue weighted by Crippen LogP contribution is -2.23. The Hall–Kier alpha value is -1.62. The van der Waals surface area contributed by atoms with Crippen LogP contribution in [-0.4, -0.2) is 22.6 Å². The van der Waals surface area contributed by atoms with E-state index in [2.05, 4.69) is 43.2 Å². The van der Waals surface area contributed by atoms with Crippen LogP contribution in [0.4, 0.5) is 0 Å². The SMILES string of the molecule is CC1(C)C(CNCc2cccnc2C(N)=NO)C1(C)C. The van der Waals surface area contributed by atoms with Gasteiger partial charge in [-0.1, -0.05) is 38.9 Å². The van der Waals surface area contributed by atoms with Gasteiger partial charge in [0, 0.05) is 12.7 Å². The molecule has 1 aliphatic rings. The topological polar surface area (TPSA) is 83.5 Å². The predicted octanol–water partition coefficient (Wildman–Crippen LogP) is 1.95. The Morgan fingerprint density at radius 3 is 2.60 bits per heavy atom. The van der Waals surface area contributed by atoms with E-state index in [-0.39, 0.29) is 5.84 Å². The van der Waals surface area contributed by atoms with Gasteiger partial charge in [0.25, 0.3) is 0 Å². The molecule has 0 aliphatic heterocycles. The number of rotatable bonds is 5. The molecule has 0 amide bonds. The zero-order valence-electron chi connectivity index (χ0n) is 12.6. The van der Waals surface area contributed by atoms with Crippen molar-refractivity contribution < 1.29 is 5.21 Å². The molecule has 0 atom stereocenters. The van der Waals surface area contributed by atoms with Crippen LogP contribution in [0.1, 0.15) is 39.0 Å². The first-order valence-electron chi connectivity index (χ1n) is 6.95. The summed E-state index contributed by atoms with van der Waals surface area (Å²) in [6, 6.07) is 3.80. The van der Waals surface area contributed by atoms with Crippen molar-refractivity contribution in [1.29, 1.82) is 0 Å². The van der Waals surface area contributed by atoms with Crippen molar-refractivity contribution in [3.05, 3.63) is 29.6 Å². The summed E-state index contributed by atoms with van der Waals surface area (Å²) >= 11 is 0. The minimum absolute atomic E-state index is 0.0504. The van der Waals surface area contributed by atoms with Crippen molar-refractivity contribution in [2.75, 3.05) is 6.54 Å². The summed E-state index contributed by atoms with van der Waals surface area (Å²) in [6.07, 6.45) is 1.64. The van der Waals surface area contributed by atoms with Gasteiger partial charge in [-0.15, -0.1) is 0 Å². The zero-order chi connectivity index (χ0) is 15.0. The fourth-order valence-corrected chi connectivity index (χ4v) is 3.05. The second kappa shape index (κ2) is 5.05. The van der Waals surface area contributed by atoms with Crippen LogP contribution in [0.3, 0.4) is 0 Å². The molecule has 0 bridgehead atoms. The average Bonchev–Trinajstić information content (AvgIpc) is 2.80. The highest BCUT2D eigenvalue weighted by atomic mass is 16.4. The second-order valence-electron chi connectivity index (χ2n) is 6.62. The summed E-state index contributed by atoms with van der Waals surface area (Å²) in [6.45, 7) is 10.9. The van der Waals surface area contributed by atoms with Crippen LogP contribution in [0, 0.1) is 16.7 Å². The van der Waals surface area contributed by atoms with E-state index in [0.717, 1.165) is 12.1 Å². The third-order valence-corrected chi connectivity index (χ3v) is 5.23. The zero-order valence-corrected chi connectivity index (χ0v) is 12.6. The molecule has 1 saturated carbocycles. The van der Waals surface area contributed by atoms with E-state index in [4.69, 9.17) is 10.9 Å². The van der Waals surface area contributed by atoms with Crippen molar-refractivity contribution in [2.24, 2.45) is 27.6 Å². The summed E-state index contributed by atoms with van der Waals surface area (Å²) in [7, 11) is 0. The first kappa shape index (κ1) is 14.8. The van der Waals surface area contributed by atoms with Crippen LogP contribution in [0.15, 0.2) is 23.5 Å². The Labute approximate surface area is 120 Å². The lowest BCUT2D eigenvalue weighted by Gasteiger charge is -2.09. The second-order valence-corrected chi connectivity index (χ2v) is 6.62. The van der Waals surface area contributed by atoms with Crippen LogP contribution in [0.25, 0.3) is 0 Å². The van der Waals surface area contributed by atoms with Crippen LogP contribution < -0.4 is 11.1 Å². The molecule has 0 radical (unpaired) electrons. The maximum Gasteiger partial charge on any atom is 0.189 e. The van der Waals surface area contributed by atoms with E-state index in [1.807, 2.05) is 12.1 Å². The predicted molar refractivity (Wildman–Crippen MR) is 79.5 cm³/mol. The van der Waals surface area contributed by atoms with Gasteiger partial charge in [0.15, 0.2) is 5.84 Å². The molecule has 1 fully saturated rings. The van der Waals surface area contributed by atoms with Gasteiger partial charge in [0.2, 0.25) is 0 Å². The summed E-state index contributed by atoms with van der Waals surface area (Å²) in [5.41, 5.74) is 7.87.